The Bertz CT molecular complexity index is 2360. The van der Waals surface area contributed by atoms with E-state index in [2.05, 4.69) is 139 Å². The van der Waals surface area contributed by atoms with E-state index in [4.69, 9.17) is 8.83 Å². The summed E-state index contributed by atoms with van der Waals surface area (Å²) in [6.45, 7) is 13.7. The highest BCUT2D eigenvalue weighted by Crippen LogP contribution is 2.46. The first-order chi connectivity index (χ1) is 20.1. The van der Waals surface area contributed by atoms with Crippen LogP contribution in [0.4, 0.5) is 0 Å². The van der Waals surface area contributed by atoms with Crippen LogP contribution in [-0.4, -0.2) is 0 Å². The third-order valence-electron chi connectivity index (χ3n) is 8.93. The molecule has 0 atom stereocenters. The van der Waals surface area contributed by atoms with Crippen LogP contribution in [0.3, 0.4) is 0 Å². The molecule has 0 bridgehead atoms. The van der Waals surface area contributed by atoms with E-state index in [0.29, 0.717) is 0 Å². The molecule has 2 heteroatoms. The number of fused-ring (bicyclic) bond motifs is 10. The molecule has 0 fully saturated rings. The average Bonchev–Trinajstić information content (AvgIpc) is 3.53. The van der Waals surface area contributed by atoms with Gasteiger partial charge in [0, 0.05) is 21.5 Å². The van der Waals surface area contributed by atoms with Crippen molar-refractivity contribution >= 4 is 65.4 Å². The standard InChI is InChI=1S/C40H34O2/c1-39(2,3)25-16-18-32-30(21-25)36-28-14-10-9-13-27(28)29(22-35(36)41-32)24-19-31(40(4,5)6)38-34(20-24)42-33-17-15-23-11-7-8-12-26(23)37(33)38/h7-22H,1-6H3. The van der Waals surface area contributed by atoms with Crippen LogP contribution in [0.25, 0.3) is 76.5 Å². The van der Waals surface area contributed by atoms with Crippen LogP contribution in [0, 0.1) is 0 Å². The Kier molecular flexibility index (Phi) is 5.09. The molecule has 8 aromatic rings. The van der Waals surface area contributed by atoms with Gasteiger partial charge in [0.1, 0.15) is 22.3 Å². The van der Waals surface area contributed by atoms with E-state index >= 15 is 0 Å². The summed E-state index contributed by atoms with van der Waals surface area (Å²) in [6, 6.07) is 35.1. The molecule has 2 aromatic heterocycles. The van der Waals surface area contributed by atoms with Crippen molar-refractivity contribution in [1.82, 2.24) is 0 Å². The maximum absolute atomic E-state index is 6.63. The molecular weight excluding hydrogens is 512 g/mol. The Morgan fingerprint density at radius 2 is 1.12 bits per heavy atom. The SMILES string of the molecule is CC(C)(C)c1ccc2oc3cc(-c4cc(C(C)(C)C)c5c(c4)oc4ccc6ccccc6c45)c4ccccc4c3c2c1. The number of hydrogen-bond donors (Lipinski definition) is 0. The van der Waals surface area contributed by atoms with Gasteiger partial charge in [0.05, 0.1) is 0 Å². The van der Waals surface area contributed by atoms with Gasteiger partial charge in [0.25, 0.3) is 0 Å². The fraction of sp³-hybridized carbons (Fsp3) is 0.200. The molecule has 0 aliphatic heterocycles. The van der Waals surface area contributed by atoms with Crippen LogP contribution >= 0.6 is 0 Å². The third-order valence-corrected chi connectivity index (χ3v) is 8.93. The molecule has 0 spiro atoms. The number of hydrogen-bond acceptors (Lipinski definition) is 2. The van der Waals surface area contributed by atoms with Crippen molar-refractivity contribution in [3.8, 4) is 11.1 Å². The maximum atomic E-state index is 6.63. The molecule has 0 aliphatic carbocycles. The predicted octanol–water partition coefficient (Wildman–Crippen LogP) is 12.1. The van der Waals surface area contributed by atoms with E-state index in [1.54, 1.807) is 0 Å². The van der Waals surface area contributed by atoms with Gasteiger partial charge in [0.15, 0.2) is 0 Å². The minimum atomic E-state index is -0.0926. The Hall–Kier alpha value is -4.56. The van der Waals surface area contributed by atoms with Crippen molar-refractivity contribution in [3.63, 3.8) is 0 Å². The van der Waals surface area contributed by atoms with Crippen LogP contribution < -0.4 is 0 Å². The zero-order chi connectivity index (χ0) is 29.0. The normalized spacial score (nSPS) is 13.0. The minimum Gasteiger partial charge on any atom is -0.456 e. The van der Waals surface area contributed by atoms with E-state index in [9.17, 15) is 0 Å². The second-order valence-electron chi connectivity index (χ2n) is 13.8. The second-order valence-corrected chi connectivity index (χ2v) is 13.8. The molecule has 0 unspecified atom stereocenters. The Morgan fingerprint density at radius 1 is 0.452 bits per heavy atom. The predicted molar refractivity (Wildman–Crippen MR) is 179 cm³/mol. The first-order valence-electron chi connectivity index (χ1n) is 14.9. The largest absolute Gasteiger partial charge is 0.456 e. The molecule has 8 rings (SSSR count). The Balaban J connectivity index is 1.47. The minimum absolute atomic E-state index is 0.0597. The van der Waals surface area contributed by atoms with E-state index in [-0.39, 0.29) is 10.8 Å². The highest BCUT2D eigenvalue weighted by molar-refractivity contribution is 6.23. The van der Waals surface area contributed by atoms with Crippen molar-refractivity contribution in [2.24, 2.45) is 0 Å². The molecule has 0 saturated heterocycles. The molecule has 42 heavy (non-hydrogen) atoms. The van der Waals surface area contributed by atoms with Crippen LogP contribution in [0.1, 0.15) is 52.7 Å². The highest BCUT2D eigenvalue weighted by atomic mass is 16.3. The zero-order valence-electron chi connectivity index (χ0n) is 25.1. The summed E-state index contributed by atoms with van der Waals surface area (Å²) in [5.74, 6) is 0. The first kappa shape index (κ1) is 25.2. The summed E-state index contributed by atoms with van der Waals surface area (Å²) in [5.41, 5.74) is 8.56. The van der Waals surface area contributed by atoms with Gasteiger partial charge in [-0.05, 0) is 91.0 Å². The van der Waals surface area contributed by atoms with Crippen molar-refractivity contribution in [1.29, 1.82) is 0 Å². The van der Waals surface area contributed by atoms with Crippen LogP contribution in [-0.2, 0) is 10.8 Å². The van der Waals surface area contributed by atoms with E-state index < -0.39 is 0 Å². The Labute approximate surface area is 245 Å². The lowest BCUT2D eigenvalue weighted by molar-refractivity contribution is 0.590. The molecule has 0 aliphatic rings. The van der Waals surface area contributed by atoms with Crippen LogP contribution in [0.2, 0.25) is 0 Å². The van der Waals surface area contributed by atoms with Gasteiger partial charge in [-0.25, -0.2) is 0 Å². The summed E-state index contributed by atoms with van der Waals surface area (Å²) in [7, 11) is 0. The lowest BCUT2D eigenvalue weighted by atomic mass is 9.81. The first-order valence-corrected chi connectivity index (χ1v) is 14.9. The van der Waals surface area contributed by atoms with Gasteiger partial charge in [0.2, 0.25) is 0 Å². The van der Waals surface area contributed by atoms with Crippen LogP contribution in [0.5, 0.6) is 0 Å². The molecule has 0 saturated carbocycles. The fourth-order valence-corrected chi connectivity index (χ4v) is 6.76. The van der Waals surface area contributed by atoms with Crippen molar-refractivity contribution in [2.75, 3.05) is 0 Å². The average molecular weight is 547 g/mol. The van der Waals surface area contributed by atoms with E-state index in [0.717, 1.165) is 33.5 Å². The molecule has 6 aromatic carbocycles. The topological polar surface area (TPSA) is 26.3 Å². The number of rotatable bonds is 1. The summed E-state index contributed by atoms with van der Waals surface area (Å²) < 4.78 is 13.2. The summed E-state index contributed by atoms with van der Waals surface area (Å²) in [4.78, 5) is 0. The van der Waals surface area contributed by atoms with Gasteiger partial charge < -0.3 is 8.83 Å². The molecular formula is C40H34O2. The molecule has 0 amide bonds. The van der Waals surface area contributed by atoms with Gasteiger partial charge in [-0.1, -0.05) is 102 Å². The lowest BCUT2D eigenvalue weighted by Crippen LogP contribution is -2.11. The van der Waals surface area contributed by atoms with E-state index in [1.165, 1.54) is 54.2 Å². The summed E-state index contributed by atoms with van der Waals surface area (Å²) >= 11 is 0. The smallest absolute Gasteiger partial charge is 0.136 e. The van der Waals surface area contributed by atoms with E-state index in [1.807, 2.05) is 0 Å². The second kappa shape index (κ2) is 8.49. The third kappa shape index (κ3) is 3.64. The zero-order valence-corrected chi connectivity index (χ0v) is 25.1. The van der Waals surface area contributed by atoms with Crippen LogP contribution in [0.15, 0.2) is 106 Å². The van der Waals surface area contributed by atoms with Gasteiger partial charge >= 0.3 is 0 Å². The molecule has 0 N–H and O–H groups in total. The molecule has 0 radical (unpaired) electrons. The van der Waals surface area contributed by atoms with Crippen molar-refractivity contribution < 1.29 is 8.83 Å². The van der Waals surface area contributed by atoms with Crippen molar-refractivity contribution in [3.05, 3.63) is 108 Å². The summed E-state index contributed by atoms with van der Waals surface area (Å²) in [5, 5.41) is 9.66. The van der Waals surface area contributed by atoms with Gasteiger partial charge in [-0.2, -0.15) is 0 Å². The van der Waals surface area contributed by atoms with Gasteiger partial charge in [-0.3, -0.25) is 0 Å². The Morgan fingerprint density at radius 3 is 1.88 bits per heavy atom. The molecule has 2 heterocycles. The molecule has 2 nitrogen and oxygen atoms in total. The fourth-order valence-electron chi connectivity index (χ4n) is 6.76. The number of furan rings is 2. The monoisotopic (exact) mass is 546 g/mol. The van der Waals surface area contributed by atoms with Crippen molar-refractivity contribution in [2.45, 2.75) is 52.4 Å². The maximum Gasteiger partial charge on any atom is 0.136 e. The lowest BCUT2D eigenvalue weighted by Gasteiger charge is -2.22. The summed E-state index contributed by atoms with van der Waals surface area (Å²) in [6.07, 6.45) is 0. The number of benzene rings is 6. The highest BCUT2D eigenvalue weighted by Gasteiger charge is 2.25. The quantitative estimate of drug-likeness (QED) is 0.205. The van der Waals surface area contributed by atoms with Gasteiger partial charge in [-0.15, -0.1) is 0 Å². The molecule has 206 valence electrons.